The number of nitrogens with two attached hydrogens (primary N) is 1. The Balaban J connectivity index is 2.02. The topological polar surface area (TPSA) is 65.6 Å². The van der Waals surface area contributed by atoms with Crippen molar-refractivity contribution in [2.45, 2.75) is 19.4 Å². The Morgan fingerprint density at radius 1 is 1.25 bits per heavy atom. The van der Waals surface area contributed by atoms with Crippen LogP contribution in [0.25, 0.3) is 0 Å². The van der Waals surface area contributed by atoms with Gasteiger partial charge in [-0.15, -0.1) is 0 Å². The van der Waals surface area contributed by atoms with Crippen molar-refractivity contribution < 1.29 is 5.11 Å². The molecular formula is C13H20Cl2N4O. The van der Waals surface area contributed by atoms with Crippen LogP contribution < -0.4 is 10.6 Å². The fourth-order valence-corrected chi connectivity index (χ4v) is 2.84. The van der Waals surface area contributed by atoms with Gasteiger partial charge >= 0.3 is 0 Å². The van der Waals surface area contributed by atoms with Gasteiger partial charge in [-0.1, -0.05) is 23.2 Å². The molecule has 20 heavy (non-hydrogen) atoms. The van der Waals surface area contributed by atoms with Crippen LogP contribution in [0, 0.1) is 0 Å². The summed E-state index contributed by atoms with van der Waals surface area (Å²) in [6, 6.07) is 1.63. The summed E-state index contributed by atoms with van der Waals surface area (Å²) in [4.78, 5) is 8.59. The lowest BCUT2D eigenvalue weighted by Crippen LogP contribution is -2.50. The predicted molar refractivity (Wildman–Crippen MR) is 83.6 cm³/mol. The Kier molecular flexibility index (Phi) is 4.64. The van der Waals surface area contributed by atoms with Gasteiger partial charge < -0.3 is 15.7 Å². The van der Waals surface area contributed by atoms with Crippen LogP contribution in [0.3, 0.4) is 0 Å². The van der Waals surface area contributed by atoms with Crippen LogP contribution in [0.5, 0.6) is 0 Å². The van der Waals surface area contributed by atoms with Gasteiger partial charge in [0.2, 0.25) is 0 Å². The first-order valence-electron chi connectivity index (χ1n) is 6.57. The maximum atomic E-state index is 9.84. The molecule has 112 valence electrons. The Labute approximate surface area is 129 Å². The van der Waals surface area contributed by atoms with Gasteiger partial charge in [-0.3, -0.25) is 4.90 Å². The van der Waals surface area contributed by atoms with Crippen molar-refractivity contribution >= 4 is 34.8 Å². The van der Waals surface area contributed by atoms with Crippen LogP contribution in [0.15, 0.2) is 6.07 Å². The quantitative estimate of drug-likeness (QED) is 0.890. The Hall–Kier alpha value is -0.750. The van der Waals surface area contributed by atoms with Gasteiger partial charge in [-0.05, 0) is 19.9 Å². The van der Waals surface area contributed by atoms with Crippen molar-refractivity contribution in [1.82, 2.24) is 9.88 Å². The highest BCUT2D eigenvalue weighted by Gasteiger charge is 2.24. The van der Waals surface area contributed by atoms with Crippen molar-refractivity contribution in [2.75, 3.05) is 43.4 Å². The summed E-state index contributed by atoms with van der Waals surface area (Å²) in [6.07, 6.45) is 0. The number of nitrogen functional groups attached to an aromatic ring is 1. The molecule has 1 saturated heterocycles. The molecule has 0 amide bonds. The summed E-state index contributed by atoms with van der Waals surface area (Å²) < 4.78 is 0. The third kappa shape index (κ3) is 3.88. The first kappa shape index (κ1) is 15.6. The molecule has 0 aliphatic carbocycles. The molecule has 0 aromatic carbocycles. The van der Waals surface area contributed by atoms with Crippen molar-refractivity contribution in [3.05, 3.63) is 16.1 Å². The van der Waals surface area contributed by atoms with E-state index in [1.807, 2.05) is 13.8 Å². The van der Waals surface area contributed by atoms with Gasteiger partial charge in [0, 0.05) is 32.7 Å². The second-order valence-electron chi connectivity index (χ2n) is 5.74. The number of aromatic nitrogens is 1. The molecule has 5 nitrogen and oxygen atoms in total. The summed E-state index contributed by atoms with van der Waals surface area (Å²) in [7, 11) is 0. The molecule has 1 aliphatic rings. The monoisotopic (exact) mass is 318 g/mol. The lowest BCUT2D eigenvalue weighted by molar-refractivity contribution is 0.0345. The number of hydrogen-bond acceptors (Lipinski definition) is 5. The average molecular weight is 319 g/mol. The normalized spacial score (nSPS) is 17.6. The van der Waals surface area contributed by atoms with E-state index in [4.69, 9.17) is 28.9 Å². The summed E-state index contributed by atoms with van der Waals surface area (Å²) in [5.74, 6) is 0.974. The molecule has 0 saturated carbocycles. The van der Waals surface area contributed by atoms with E-state index < -0.39 is 5.60 Å². The van der Waals surface area contributed by atoms with Gasteiger partial charge in [0.25, 0.3) is 0 Å². The number of halogens is 2. The molecular weight excluding hydrogens is 299 g/mol. The number of hydrogen-bond donors (Lipinski definition) is 2. The Morgan fingerprint density at radius 2 is 1.85 bits per heavy atom. The maximum Gasteiger partial charge on any atom is 0.150 e. The molecule has 1 fully saturated rings. The fourth-order valence-electron chi connectivity index (χ4n) is 2.36. The molecule has 1 aromatic rings. The van der Waals surface area contributed by atoms with E-state index in [2.05, 4.69) is 14.8 Å². The van der Waals surface area contributed by atoms with Crippen LogP contribution >= 0.6 is 23.2 Å². The molecule has 2 heterocycles. The van der Waals surface area contributed by atoms with Crippen LogP contribution in [-0.2, 0) is 0 Å². The minimum Gasteiger partial charge on any atom is -0.389 e. The zero-order valence-corrected chi connectivity index (χ0v) is 13.2. The van der Waals surface area contributed by atoms with Crippen molar-refractivity contribution in [1.29, 1.82) is 0 Å². The van der Waals surface area contributed by atoms with E-state index in [0.717, 1.165) is 26.2 Å². The predicted octanol–water partition coefficient (Wildman–Crippen LogP) is 1.86. The molecule has 7 heteroatoms. The number of β-amino-alcohol motifs (C(OH)–C–C–N with tert-alkyl or cyclic N) is 1. The molecule has 3 N–H and O–H groups in total. The summed E-state index contributed by atoms with van der Waals surface area (Å²) in [5.41, 5.74) is 5.06. The summed E-state index contributed by atoms with van der Waals surface area (Å²) in [5, 5.41) is 10.7. The molecule has 0 unspecified atom stereocenters. The zero-order valence-electron chi connectivity index (χ0n) is 11.7. The molecule has 2 rings (SSSR count). The van der Waals surface area contributed by atoms with Gasteiger partial charge in [-0.25, -0.2) is 4.98 Å². The smallest absolute Gasteiger partial charge is 0.150 e. The van der Waals surface area contributed by atoms with E-state index >= 15 is 0 Å². The van der Waals surface area contributed by atoms with Crippen molar-refractivity contribution in [3.63, 3.8) is 0 Å². The first-order valence-corrected chi connectivity index (χ1v) is 7.33. The van der Waals surface area contributed by atoms with Crippen molar-refractivity contribution in [3.8, 4) is 0 Å². The van der Waals surface area contributed by atoms with E-state index in [0.29, 0.717) is 28.2 Å². The van der Waals surface area contributed by atoms with Crippen molar-refractivity contribution in [2.24, 2.45) is 0 Å². The number of pyridine rings is 1. The highest BCUT2D eigenvalue weighted by Crippen LogP contribution is 2.30. The molecule has 0 bridgehead atoms. The fraction of sp³-hybridized carbons (Fsp3) is 0.615. The standard InChI is InChI=1S/C13H20Cl2N4O/c1-13(2,20)8-18-3-5-19(6-4-18)12-10(15)7-9(14)11(16)17-12/h7,20H,3-6,8H2,1-2H3,(H2,16,17). The second kappa shape index (κ2) is 5.93. The molecule has 0 spiro atoms. The lowest BCUT2D eigenvalue weighted by Gasteiger charge is -2.38. The minimum atomic E-state index is -0.678. The minimum absolute atomic E-state index is 0.296. The third-order valence-corrected chi connectivity index (χ3v) is 3.80. The number of anilines is 2. The number of aliphatic hydroxyl groups is 1. The zero-order chi connectivity index (χ0) is 14.9. The maximum absolute atomic E-state index is 9.84. The van der Waals surface area contributed by atoms with Crippen LogP contribution in [0.1, 0.15) is 13.8 Å². The second-order valence-corrected chi connectivity index (χ2v) is 6.55. The summed E-state index contributed by atoms with van der Waals surface area (Å²) in [6.45, 7) is 7.59. The van der Waals surface area contributed by atoms with Crippen LogP contribution in [-0.4, -0.2) is 53.3 Å². The number of rotatable bonds is 3. The van der Waals surface area contributed by atoms with Gasteiger partial charge in [-0.2, -0.15) is 0 Å². The van der Waals surface area contributed by atoms with E-state index in [-0.39, 0.29) is 0 Å². The molecule has 1 aromatic heterocycles. The van der Waals surface area contributed by atoms with Gasteiger partial charge in [0.15, 0.2) is 0 Å². The third-order valence-electron chi connectivity index (χ3n) is 3.22. The Morgan fingerprint density at radius 3 is 2.40 bits per heavy atom. The number of nitrogens with zero attached hydrogens (tertiary/aromatic N) is 3. The van der Waals surface area contributed by atoms with E-state index in [9.17, 15) is 5.11 Å². The molecule has 1 aliphatic heterocycles. The largest absolute Gasteiger partial charge is 0.389 e. The average Bonchev–Trinajstić information content (AvgIpc) is 2.33. The SMILES string of the molecule is CC(C)(O)CN1CCN(c2nc(N)c(Cl)cc2Cl)CC1. The molecule has 0 atom stereocenters. The number of piperazine rings is 1. The summed E-state index contributed by atoms with van der Waals surface area (Å²) >= 11 is 12.1. The van der Waals surface area contributed by atoms with Gasteiger partial charge in [0.05, 0.1) is 15.6 Å². The molecule has 0 radical (unpaired) electrons. The lowest BCUT2D eigenvalue weighted by atomic mass is 10.1. The van der Waals surface area contributed by atoms with Gasteiger partial charge in [0.1, 0.15) is 11.6 Å². The highest BCUT2D eigenvalue weighted by molar-refractivity contribution is 6.37. The van der Waals surface area contributed by atoms with E-state index in [1.54, 1.807) is 6.07 Å². The van der Waals surface area contributed by atoms with Crippen LogP contribution in [0.4, 0.5) is 11.6 Å². The highest BCUT2D eigenvalue weighted by atomic mass is 35.5. The van der Waals surface area contributed by atoms with Crippen LogP contribution in [0.2, 0.25) is 10.0 Å². The van der Waals surface area contributed by atoms with E-state index in [1.165, 1.54) is 0 Å². The first-order chi connectivity index (χ1) is 9.26. The Bertz CT molecular complexity index is 482.